The molecule has 0 aromatic rings. The van der Waals surface area contributed by atoms with Gasteiger partial charge < -0.3 is 14.9 Å². The molecule has 72 valence electrons. The second-order valence-electron chi connectivity index (χ2n) is 2.79. The van der Waals surface area contributed by atoms with Crippen LogP contribution in [0.1, 0.15) is 33.1 Å². The Hall–Kier alpha value is -0.610. The van der Waals surface area contributed by atoms with Crippen LogP contribution in [0.5, 0.6) is 0 Å². The summed E-state index contributed by atoms with van der Waals surface area (Å²) in [5, 5.41) is 17.8. The van der Waals surface area contributed by atoms with Crippen molar-refractivity contribution in [1.82, 2.24) is 0 Å². The average Bonchev–Trinajstić information content (AvgIpc) is 1.84. The lowest BCUT2D eigenvalue weighted by Gasteiger charge is -2.11. The van der Waals surface area contributed by atoms with Crippen LogP contribution >= 0.6 is 0 Å². The van der Waals surface area contributed by atoms with Gasteiger partial charge in [-0.25, -0.2) is 0 Å². The van der Waals surface area contributed by atoms with Crippen LogP contribution in [0.3, 0.4) is 0 Å². The Balaban J connectivity index is 3.54. The van der Waals surface area contributed by atoms with Crippen LogP contribution in [-0.4, -0.2) is 28.6 Å². The number of carbonyl (C=O) groups excluding carboxylic acids is 1. The van der Waals surface area contributed by atoms with Crippen molar-refractivity contribution in [3.05, 3.63) is 0 Å². The number of hydrogen-bond donors (Lipinski definition) is 2. The molecular formula is C8H16O4. The quantitative estimate of drug-likeness (QED) is 0.470. The summed E-state index contributed by atoms with van der Waals surface area (Å²) < 4.78 is 4.56. The number of carbonyl (C=O) groups is 1. The highest BCUT2D eigenvalue weighted by atomic mass is 16.6. The first-order valence-electron chi connectivity index (χ1n) is 4.11. The third-order valence-electron chi connectivity index (χ3n) is 1.27. The number of aliphatic hydroxyl groups is 2. The van der Waals surface area contributed by atoms with Crippen LogP contribution < -0.4 is 0 Å². The van der Waals surface area contributed by atoms with Crippen molar-refractivity contribution in [3.63, 3.8) is 0 Å². The van der Waals surface area contributed by atoms with Crippen molar-refractivity contribution < 1.29 is 19.7 Å². The van der Waals surface area contributed by atoms with Gasteiger partial charge in [-0.3, -0.25) is 4.79 Å². The van der Waals surface area contributed by atoms with Crippen LogP contribution in [0.2, 0.25) is 0 Å². The van der Waals surface area contributed by atoms with Crippen LogP contribution in [0.25, 0.3) is 0 Å². The molecule has 0 fully saturated rings. The summed E-state index contributed by atoms with van der Waals surface area (Å²) >= 11 is 0. The molecule has 4 heteroatoms. The Morgan fingerprint density at radius 3 is 2.50 bits per heavy atom. The van der Waals surface area contributed by atoms with E-state index in [4.69, 9.17) is 10.2 Å². The molecule has 0 aromatic heterocycles. The highest BCUT2D eigenvalue weighted by Gasteiger charge is 2.11. The first kappa shape index (κ1) is 11.4. The van der Waals surface area contributed by atoms with Gasteiger partial charge in [0.05, 0.1) is 12.5 Å². The second-order valence-corrected chi connectivity index (χ2v) is 2.79. The van der Waals surface area contributed by atoms with Gasteiger partial charge in [-0.1, -0.05) is 13.3 Å². The fourth-order valence-electron chi connectivity index (χ4n) is 0.747. The van der Waals surface area contributed by atoms with E-state index in [1.54, 1.807) is 0 Å². The fourth-order valence-corrected chi connectivity index (χ4v) is 0.747. The minimum atomic E-state index is -1.03. The summed E-state index contributed by atoms with van der Waals surface area (Å²) in [6, 6.07) is 0. The van der Waals surface area contributed by atoms with Crippen molar-refractivity contribution in [1.29, 1.82) is 0 Å². The van der Waals surface area contributed by atoms with E-state index in [9.17, 15) is 4.79 Å². The maximum absolute atomic E-state index is 10.8. The zero-order chi connectivity index (χ0) is 9.56. The van der Waals surface area contributed by atoms with Crippen LogP contribution in [0.4, 0.5) is 0 Å². The van der Waals surface area contributed by atoms with Gasteiger partial charge in [-0.05, 0) is 6.92 Å². The summed E-state index contributed by atoms with van der Waals surface area (Å²) in [6.45, 7) is 3.37. The summed E-state index contributed by atoms with van der Waals surface area (Å²) in [6.07, 6.45) is -0.622. The second kappa shape index (κ2) is 5.97. The van der Waals surface area contributed by atoms with E-state index in [-0.39, 0.29) is 6.42 Å². The molecular weight excluding hydrogens is 160 g/mol. The van der Waals surface area contributed by atoms with Crippen molar-refractivity contribution >= 4 is 5.97 Å². The number of ether oxygens (including phenoxy) is 1. The lowest BCUT2D eigenvalue weighted by molar-refractivity contribution is -0.170. The number of aliphatic hydroxyl groups excluding tert-OH is 2. The van der Waals surface area contributed by atoms with Gasteiger partial charge in [0.25, 0.3) is 0 Å². The van der Waals surface area contributed by atoms with E-state index in [1.807, 2.05) is 6.92 Å². The Morgan fingerprint density at radius 1 is 1.50 bits per heavy atom. The third kappa shape index (κ3) is 6.12. The van der Waals surface area contributed by atoms with Gasteiger partial charge in [0.15, 0.2) is 0 Å². The Kier molecular flexibility index (Phi) is 5.66. The molecule has 0 radical (unpaired) electrons. The molecule has 0 saturated carbocycles. The van der Waals surface area contributed by atoms with Crippen molar-refractivity contribution in [2.24, 2.45) is 0 Å². The molecule has 0 rings (SSSR count). The smallest absolute Gasteiger partial charge is 0.310 e. The number of rotatable bonds is 5. The molecule has 2 unspecified atom stereocenters. The summed E-state index contributed by atoms with van der Waals surface area (Å²) in [5.41, 5.74) is 0. The lowest BCUT2D eigenvalue weighted by atomic mass is 10.3. The Morgan fingerprint density at radius 2 is 2.08 bits per heavy atom. The molecule has 0 bridgehead atoms. The summed E-state index contributed by atoms with van der Waals surface area (Å²) in [7, 11) is 0. The topological polar surface area (TPSA) is 66.8 Å². The van der Waals surface area contributed by atoms with E-state index in [0.29, 0.717) is 6.42 Å². The first-order valence-corrected chi connectivity index (χ1v) is 4.11. The molecule has 0 aliphatic rings. The zero-order valence-corrected chi connectivity index (χ0v) is 7.49. The Labute approximate surface area is 72.2 Å². The summed E-state index contributed by atoms with van der Waals surface area (Å²) in [5.74, 6) is -0.564. The molecule has 2 atom stereocenters. The lowest BCUT2D eigenvalue weighted by Crippen LogP contribution is -2.20. The van der Waals surface area contributed by atoms with Gasteiger partial charge in [0.2, 0.25) is 6.29 Å². The zero-order valence-electron chi connectivity index (χ0n) is 7.49. The van der Waals surface area contributed by atoms with E-state index in [1.165, 1.54) is 6.92 Å². The van der Waals surface area contributed by atoms with E-state index < -0.39 is 18.4 Å². The van der Waals surface area contributed by atoms with Gasteiger partial charge >= 0.3 is 5.97 Å². The van der Waals surface area contributed by atoms with Crippen LogP contribution in [0, 0.1) is 0 Å². The predicted octanol–water partition coefficient (Wildman–Crippen LogP) is 0.419. The van der Waals surface area contributed by atoms with Gasteiger partial charge in [0.1, 0.15) is 0 Å². The minimum absolute atomic E-state index is 0.0687. The third-order valence-corrected chi connectivity index (χ3v) is 1.27. The Bertz CT molecular complexity index is 133. The predicted molar refractivity (Wildman–Crippen MR) is 43.3 cm³/mol. The number of esters is 1. The molecule has 0 aliphatic carbocycles. The van der Waals surface area contributed by atoms with Gasteiger partial charge in [-0.15, -0.1) is 0 Å². The molecule has 2 N–H and O–H groups in total. The van der Waals surface area contributed by atoms with Crippen LogP contribution in [-0.2, 0) is 9.53 Å². The maximum Gasteiger partial charge on any atom is 0.310 e. The van der Waals surface area contributed by atoms with Gasteiger partial charge in [0, 0.05) is 6.42 Å². The summed E-state index contributed by atoms with van der Waals surface area (Å²) in [4.78, 5) is 10.8. The van der Waals surface area contributed by atoms with E-state index in [0.717, 1.165) is 6.42 Å². The van der Waals surface area contributed by atoms with Crippen LogP contribution in [0.15, 0.2) is 0 Å². The molecule has 0 amide bonds. The molecule has 4 nitrogen and oxygen atoms in total. The number of hydrogen-bond acceptors (Lipinski definition) is 4. The highest BCUT2D eigenvalue weighted by molar-refractivity contribution is 5.69. The molecule has 12 heavy (non-hydrogen) atoms. The average molecular weight is 176 g/mol. The normalized spacial score (nSPS) is 15.3. The molecule has 0 aromatic carbocycles. The minimum Gasteiger partial charge on any atom is -0.436 e. The van der Waals surface area contributed by atoms with Crippen molar-refractivity contribution in [2.45, 2.75) is 45.5 Å². The molecule has 0 heterocycles. The van der Waals surface area contributed by atoms with E-state index in [2.05, 4.69) is 4.74 Å². The largest absolute Gasteiger partial charge is 0.436 e. The molecule has 0 aliphatic heterocycles. The van der Waals surface area contributed by atoms with E-state index >= 15 is 0 Å². The first-order chi connectivity index (χ1) is 5.56. The highest BCUT2D eigenvalue weighted by Crippen LogP contribution is 2.01. The molecule has 0 saturated heterocycles. The maximum atomic E-state index is 10.8. The fraction of sp³-hybridized carbons (Fsp3) is 0.875. The molecule has 0 spiro atoms. The van der Waals surface area contributed by atoms with Crippen molar-refractivity contribution in [2.75, 3.05) is 0 Å². The standard InChI is InChI=1S/C8H16O4/c1-3-4-7(10)12-8(11)5-6(2)9/h6-7,9-10H,3-5H2,1-2H3. The van der Waals surface area contributed by atoms with Gasteiger partial charge in [-0.2, -0.15) is 0 Å². The SMILES string of the molecule is CCCC(O)OC(=O)CC(C)O. The van der Waals surface area contributed by atoms with Crippen molar-refractivity contribution in [3.8, 4) is 0 Å². The monoisotopic (exact) mass is 176 g/mol.